The monoisotopic (exact) mass is 405 g/mol. The third kappa shape index (κ3) is 4.39. The number of hydrogen-bond acceptors (Lipinski definition) is 4. The first kappa shape index (κ1) is 16.7. The molecule has 0 heterocycles. The van der Waals surface area contributed by atoms with Crippen LogP contribution in [0.4, 0.5) is 5.69 Å². The number of rotatable bonds is 5. The quantitative estimate of drug-likeness (QED) is 0.595. The molecule has 0 atom stereocenters. The van der Waals surface area contributed by atoms with E-state index in [1.807, 2.05) is 0 Å². The van der Waals surface area contributed by atoms with Crippen molar-refractivity contribution in [1.82, 2.24) is 0 Å². The summed E-state index contributed by atoms with van der Waals surface area (Å²) in [6.07, 6.45) is 0. The van der Waals surface area contributed by atoms with Gasteiger partial charge in [-0.3, -0.25) is 0 Å². The van der Waals surface area contributed by atoms with Gasteiger partial charge in [0.2, 0.25) is 0 Å². The zero-order valence-electron chi connectivity index (χ0n) is 10.9. The molecular weight excluding hydrogens is 394 g/mol. The lowest BCUT2D eigenvalue weighted by Crippen LogP contribution is -2.09. The molecule has 0 unspecified atom stereocenters. The molecule has 0 saturated carbocycles. The van der Waals surface area contributed by atoms with E-state index in [-0.39, 0.29) is 5.75 Å². The Morgan fingerprint density at radius 3 is 2.43 bits per heavy atom. The van der Waals surface area contributed by atoms with Gasteiger partial charge >= 0.3 is 0 Å². The SMILES string of the molecule is Nc1cccc(Cl)c1SCCS(=O)(=O)c1ccc(Br)cc1. The molecule has 0 fully saturated rings. The normalized spacial score (nSPS) is 11.5. The lowest BCUT2D eigenvalue weighted by Gasteiger charge is -2.08. The van der Waals surface area contributed by atoms with Gasteiger partial charge in [0.05, 0.1) is 15.7 Å². The van der Waals surface area contributed by atoms with Crippen molar-refractivity contribution in [2.24, 2.45) is 0 Å². The van der Waals surface area contributed by atoms with Gasteiger partial charge in [0, 0.05) is 20.8 Å². The maximum Gasteiger partial charge on any atom is 0.179 e. The van der Waals surface area contributed by atoms with Crippen molar-refractivity contribution >= 4 is 54.8 Å². The molecule has 0 aliphatic carbocycles. The standard InChI is InChI=1S/C14H13BrClNO2S2/c15-10-4-6-11(7-5-10)21(18,19)9-8-20-14-12(16)2-1-3-13(14)17/h1-7H,8-9,17H2. The maximum absolute atomic E-state index is 12.2. The van der Waals surface area contributed by atoms with Gasteiger partial charge < -0.3 is 5.73 Å². The van der Waals surface area contributed by atoms with E-state index in [0.29, 0.717) is 21.4 Å². The van der Waals surface area contributed by atoms with Gasteiger partial charge in [0.25, 0.3) is 0 Å². The fourth-order valence-electron chi connectivity index (χ4n) is 1.69. The van der Waals surface area contributed by atoms with E-state index >= 15 is 0 Å². The summed E-state index contributed by atoms with van der Waals surface area (Å²) in [7, 11) is -3.30. The molecule has 0 aliphatic heterocycles. The predicted octanol–water partition coefficient (Wildman–Crippen LogP) is 4.25. The van der Waals surface area contributed by atoms with Crippen LogP contribution in [0.25, 0.3) is 0 Å². The number of thioether (sulfide) groups is 1. The van der Waals surface area contributed by atoms with Crippen LogP contribution in [0.5, 0.6) is 0 Å². The van der Waals surface area contributed by atoms with Crippen molar-refractivity contribution in [3.05, 3.63) is 52.0 Å². The molecule has 0 aliphatic rings. The van der Waals surface area contributed by atoms with Gasteiger partial charge in [-0.25, -0.2) is 8.42 Å². The lowest BCUT2D eigenvalue weighted by atomic mass is 10.3. The Hall–Kier alpha value is -0.690. The summed E-state index contributed by atoms with van der Waals surface area (Å²) in [4.78, 5) is 1.05. The second kappa shape index (κ2) is 7.05. The first-order chi connectivity index (χ1) is 9.90. The van der Waals surface area contributed by atoms with Crippen LogP contribution in [0.15, 0.2) is 56.7 Å². The molecule has 2 aromatic rings. The van der Waals surface area contributed by atoms with Gasteiger partial charge in [-0.1, -0.05) is 33.6 Å². The van der Waals surface area contributed by atoms with E-state index in [1.165, 1.54) is 11.8 Å². The van der Waals surface area contributed by atoms with E-state index in [0.717, 1.165) is 9.37 Å². The molecule has 0 spiro atoms. The van der Waals surface area contributed by atoms with Crippen molar-refractivity contribution in [2.45, 2.75) is 9.79 Å². The highest BCUT2D eigenvalue weighted by Crippen LogP contribution is 2.32. The number of hydrogen-bond donors (Lipinski definition) is 1. The van der Waals surface area contributed by atoms with Crippen LogP contribution in [0, 0.1) is 0 Å². The van der Waals surface area contributed by atoms with Crippen LogP contribution in [0.1, 0.15) is 0 Å². The number of benzene rings is 2. The Labute approximate surface area is 141 Å². The minimum Gasteiger partial charge on any atom is -0.398 e. The van der Waals surface area contributed by atoms with Gasteiger partial charge in [-0.2, -0.15) is 0 Å². The summed E-state index contributed by atoms with van der Waals surface area (Å²) in [6, 6.07) is 11.9. The van der Waals surface area contributed by atoms with E-state index in [4.69, 9.17) is 17.3 Å². The average molecular weight is 407 g/mol. The minimum atomic E-state index is -3.30. The number of nitrogen functional groups attached to an aromatic ring is 1. The number of halogens is 2. The molecular formula is C14H13BrClNO2S2. The molecule has 2 rings (SSSR count). The highest BCUT2D eigenvalue weighted by atomic mass is 79.9. The Morgan fingerprint density at radius 1 is 1.14 bits per heavy atom. The Bertz CT molecular complexity index is 713. The third-order valence-electron chi connectivity index (χ3n) is 2.77. The van der Waals surface area contributed by atoms with Crippen molar-refractivity contribution in [2.75, 3.05) is 17.2 Å². The van der Waals surface area contributed by atoms with Crippen LogP contribution >= 0.6 is 39.3 Å². The molecule has 0 saturated heterocycles. The second-order valence-corrected chi connectivity index (χ2v) is 8.82. The lowest BCUT2D eigenvalue weighted by molar-refractivity contribution is 0.597. The van der Waals surface area contributed by atoms with Crippen LogP contribution in [-0.2, 0) is 9.84 Å². The summed E-state index contributed by atoms with van der Waals surface area (Å²) in [5, 5.41) is 0.543. The third-order valence-corrected chi connectivity index (χ3v) is 6.87. The molecule has 0 bridgehead atoms. The van der Waals surface area contributed by atoms with E-state index < -0.39 is 9.84 Å². The smallest absolute Gasteiger partial charge is 0.179 e. The summed E-state index contributed by atoms with van der Waals surface area (Å²) in [5.74, 6) is 0.427. The first-order valence-corrected chi connectivity index (χ1v) is 9.86. The molecule has 112 valence electrons. The molecule has 21 heavy (non-hydrogen) atoms. The Balaban J connectivity index is 2.04. The van der Waals surface area contributed by atoms with Gasteiger partial charge in [-0.15, -0.1) is 11.8 Å². The van der Waals surface area contributed by atoms with Crippen molar-refractivity contribution < 1.29 is 8.42 Å². The number of nitrogens with two attached hydrogens (primary N) is 1. The molecule has 0 radical (unpaired) electrons. The number of sulfone groups is 1. The molecule has 3 nitrogen and oxygen atoms in total. The highest BCUT2D eigenvalue weighted by molar-refractivity contribution is 9.10. The summed E-state index contributed by atoms with van der Waals surface area (Å²) in [5.41, 5.74) is 6.40. The van der Waals surface area contributed by atoms with E-state index in [9.17, 15) is 8.42 Å². The van der Waals surface area contributed by atoms with Crippen molar-refractivity contribution in [3.63, 3.8) is 0 Å². The van der Waals surface area contributed by atoms with E-state index in [1.54, 1.807) is 42.5 Å². The fraction of sp³-hybridized carbons (Fsp3) is 0.143. The molecule has 2 aromatic carbocycles. The average Bonchev–Trinajstić information content (AvgIpc) is 2.42. The fourth-order valence-corrected chi connectivity index (χ4v) is 4.94. The zero-order chi connectivity index (χ0) is 15.5. The maximum atomic E-state index is 12.2. The Morgan fingerprint density at radius 2 is 1.81 bits per heavy atom. The van der Waals surface area contributed by atoms with Crippen LogP contribution in [0.3, 0.4) is 0 Å². The van der Waals surface area contributed by atoms with Gasteiger partial charge in [0.15, 0.2) is 9.84 Å². The molecule has 7 heteroatoms. The van der Waals surface area contributed by atoms with Crippen LogP contribution in [0.2, 0.25) is 5.02 Å². The molecule has 0 aromatic heterocycles. The largest absolute Gasteiger partial charge is 0.398 e. The van der Waals surface area contributed by atoms with Crippen LogP contribution < -0.4 is 5.73 Å². The molecule has 2 N–H and O–H groups in total. The molecule has 0 amide bonds. The first-order valence-electron chi connectivity index (χ1n) is 6.05. The summed E-state index contributed by atoms with van der Waals surface area (Å²) >= 11 is 10.7. The topological polar surface area (TPSA) is 60.2 Å². The van der Waals surface area contributed by atoms with Crippen LogP contribution in [-0.4, -0.2) is 19.9 Å². The summed E-state index contributed by atoms with van der Waals surface area (Å²) in [6.45, 7) is 0. The second-order valence-electron chi connectivity index (χ2n) is 4.28. The van der Waals surface area contributed by atoms with Crippen molar-refractivity contribution in [3.8, 4) is 0 Å². The predicted molar refractivity (Wildman–Crippen MR) is 92.8 cm³/mol. The van der Waals surface area contributed by atoms with Gasteiger partial charge in [-0.05, 0) is 36.4 Å². The minimum absolute atomic E-state index is 0.0317. The Kier molecular flexibility index (Phi) is 5.60. The number of anilines is 1. The highest BCUT2D eigenvalue weighted by Gasteiger charge is 2.15. The summed E-state index contributed by atoms with van der Waals surface area (Å²) < 4.78 is 25.3. The van der Waals surface area contributed by atoms with Crippen molar-refractivity contribution in [1.29, 1.82) is 0 Å². The zero-order valence-corrected chi connectivity index (χ0v) is 14.9. The van der Waals surface area contributed by atoms with E-state index in [2.05, 4.69) is 15.9 Å². The van der Waals surface area contributed by atoms with Gasteiger partial charge in [0.1, 0.15) is 0 Å².